The lowest BCUT2D eigenvalue weighted by atomic mass is 10.0. The van der Waals surface area contributed by atoms with Gasteiger partial charge in [0.25, 0.3) is 0 Å². The van der Waals surface area contributed by atoms with Gasteiger partial charge < -0.3 is 14.6 Å². The highest BCUT2D eigenvalue weighted by Crippen LogP contribution is 2.53. The van der Waals surface area contributed by atoms with E-state index in [1.807, 2.05) is 0 Å². The van der Waals surface area contributed by atoms with Crippen LogP contribution in [0.2, 0.25) is 0 Å². The van der Waals surface area contributed by atoms with Gasteiger partial charge in [0, 0.05) is 5.56 Å². The predicted molar refractivity (Wildman–Crippen MR) is 57.7 cm³/mol. The number of halogens is 3. The van der Waals surface area contributed by atoms with Crippen LogP contribution in [0.15, 0.2) is 12.1 Å². The number of rotatable bonds is 3. The summed E-state index contributed by atoms with van der Waals surface area (Å²) in [6.45, 7) is 0. The van der Waals surface area contributed by atoms with Crippen molar-refractivity contribution in [3.05, 3.63) is 23.3 Å². The molecule has 2 rings (SSSR count). The summed E-state index contributed by atoms with van der Waals surface area (Å²) in [5.41, 5.74) is -1.65. The second-order valence-corrected chi connectivity index (χ2v) is 4.26. The fourth-order valence-electron chi connectivity index (χ4n) is 1.95. The molecule has 0 unspecified atom stereocenters. The van der Waals surface area contributed by atoms with E-state index < -0.39 is 17.3 Å². The van der Waals surface area contributed by atoms with Crippen molar-refractivity contribution in [2.45, 2.75) is 24.6 Å². The monoisotopic (exact) mass is 262 g/mol. The summed E-state index contributed by atoms with van der Waals surface area (Å²) in [5.74, 6) is -0.435. The first-order valence-electron chi connectivity index (χ1n) is 5.38. The van der Waals surface area contributed by atoms with Gasteiger partial charge in [0.05, 0.1) is 19.8 Å². The highest BCUT2D eigenvalue weighted by Gasteiger charge is 2.46. The van der Waals surface area contributed by atoms with E-state index in [9.17, 15) is 18.3 Å². The molecule has 0 saturated heterocycles. The Kier molecular flexibility index (Phi) is 2.93. The summed E-state index contributed by atoms with van der Waals surface area (Å²) < 4.78 is 48.2. The maximum Gasteiger partial charge on any atom is 0.420 e. The molecule has 0 radical (unpaired) electrons. The predicted octanol–water partition coefficient (Wildman–Crippen LogP) is 2.70. The van der Waals surface area contributed by atoms with Gasteiger partial charge in [-0.1, -0.05) is 6.07 Å². The largest absolute Gasteiger partial charge is 0.492 e. The molecule has 1 fully saturated rings. The molecule has 1 N–H and O–H groups in total. The molecular formula is C12H13F3O3. The molecule has 1 aromatic carbocycles. The normalized spacial score (nSPS) is 17.4. The topological polar surface area (TPSA) is 38.7 Å². The Morgan fingerprint density at radius 3 is 2.06 bits per heavy atom. The standard InChI is InChI=1S/C12H13F3O3/c1-17-9-7(11(16)5-6-11)3-4-8(10(9)18-2)12(13,14)15/h3-4,16H,5-6H2,1-2H3. The molecule has 1 aliphatic rings. The first-order chi connectivity index (χ1) is 8.33. The van der Waals surface area contributed by atoms with Crippen LogP contribution in [0.4, 0.5) is 13.2 Å². The number of ether oxygens (including phenoxy) is 2. The lowest BCUT2D eigenvalue weighted by Crippen LogP contribution is -2.13. The van der Waals surface area contributed by atoms with Gasteiger partial charge in [0.2, 0.25) is 0 Å². The lowest BCUT2D eigenvalue weighted by molar-refractivity contribution is -0.138. The van der Waals surface area contributed by atoms with Crippen LogP contribution in [0.1, 0.15) is 24.0 Å². The van der Waals surface area contributed by atoms with Crippen LogP contribution in [-0.2, 0) is 11.8 Å². The fourth-order valence-corrected chi connectivity index (χ4v) is 1.95. The second-order valence-electron chi connectivity index (χ2n) is 4.26. The molecule has 18 heavy (non-hydrogen) atoms. The van der Waals surface area contributed by atoms with Gasteiger partial charge in [0.1, 0.15) is 5.56 Å². The number of hydrogen-bond acceptors (Lipinski definition) is 3. The second kappa shape index (κ2) is 4.05. The van der Waals surface area contributed by atoms with Crippen molar-refractivity contribution >= 4 is 0 Å². The van der Waals surface area contributed by atoms with Crippen molar-refractivity contribution in [2.24, 2.45) is 0 Å². The van der Waals surface area contributed by atoms with Crippen LogP contribution in [0.25, 0.3) is 0 Å². The number of hydrogen-bond donors (Lipinski definition) is 1. The smallest absolute Gasteiger partial charge is 0.420 e. The zero-order valence-corrected chi connectivity index (χ0v) is 9.97. The van der Waals surface area contributed by atoms with Crippen LogP contribution < -0.4 is 9.47 Å². The van der Waals surface area contributed by atoms with Crippen LogP contribution >= 0.6 is 0 Å². The summed E-state index contributed by atoms with van der Waals surface area (Å²) in [4.78, 5) is 0. The molecular weight excluding hydrogens is 249 g/mol. The average Bonchev–Trinajstić information content (AvgIpc) is 3.05. The molecule has 6 heteroatoms. The molecule has 0 heterocycles. The Morgan fingerprint density at radius 2 is 1.67 bits per heavy atom. The van der Waals surface area contributed by atoms with Gasteiger partial charge in [-0.05, 0) is 18.9 Å². The number of benzene rings is 1. The van der Waals surface area contributed by atoms with E-state index in [4.69, 9.17) is 9.47 Å². The minimum Gasteiger partial charge on any atom is -0.492 e. The average molecular weight is 262 g/mol. The van der Waals surface area contributed by atoms with E-state index in [0.29, 0.717) is 18.4 Å². The Balaban J connectivity index is 2.61. The van der Waals surface area contributed by atoms with Gasteiger partial charge in [-0.25, -0.2) is 0 Å². The minimum atomic E-state index is -4.52. The molecule has 1 aromatic rings. The molecule has 1 aliphatic carbocycles. The van der Waals surface area contributed by atoms with Crippen LogP contribution in [0.3, 0.4) is 0 Å². The molecule has 0 amide bonds. The Hall–Kier alpha value is -1.43. The minimum absolute atomic E-state index is 0.0488. The molecule has 0 bridgehead atoms. The summed E-state index contributed by atoms with van der Waals surface area (Å²) in [5, 5.41) is 10.0. The molecule has 0 aromatic heterocycles. The third-order valence-corrected chi connectivity index (χ3v) is 3.05. The number of aliphatic hydroxyl groups is 1. The zero-order chi connectivity index (χ0) is 13.6. The SMILES string of the molecule is COc1c(C(F)(F)F)ccc(C2(O)CC2)c1OC. The van der Waals surface area contributed by atoms with Crippen LogP contribution in [0, 0.1) is 0 Å². The van der Waals surface area contributed by atoms with E-state index in [0.717, 1.165) is 13.2 Å². The third kappa shape index (κ3) is 2.01. The van der Waals surface area contributed by atoms with Crippen molar-refractivity contribution in [3.8, 4) is 11.5 Å². The van der Waals surface area contributed by atoms with Crippen molar-refractivity contribution in [1.29, 1.82) is 0 Å². The van der Waals surface area contributed by atoms with E-state index in [2.05, 4.69) is 0 Å². The molecule has 0 aliphatic heterocycles. The van der Waals surface area contributed by atoms with E-state index in [-0.39, 0.29) is 11.5 Å². The van der Waals surface area contributed by atoms with Gasteiger partial charge in [-0.2, -0.15) is 13.2 Å². The highest BCUT2D eigenvalue weighted by atomic mass is 19.4. The van der Waals surface area contributed by atoms with Crippen LogP contribution in [-0.4, -0.2) is 19.3 Å². The van der Waals surface area contributed by atoms with Crippen molar-refractivity contribution in [2.75, 3.05) is 14.2 Å². The first-order valence-corrected chi connectivity index (χ1v) is 5.38. The van der Waals surface area contributed by atoms with E-state index in [1.54, 1.807) is 0 Å². The van der Waals surface area contributed by atoms with Crippen molar-refractivity contribution < 1.29 is 27.8 Å². The first kappa shape index (κ1) is 13.0. The molecule has 1 saturated carbocycles. The van der Waals surface area contributed by atoms with Crippen molar-refractivity contribution in [1.82, 2.24) is 0 Å². The Bertz CT molecular complexity index is 432. The van der Waals surface area contributed by atoms with Crippen LogP contribution in [0.5, 0.6) is 11.5 Å². The summed E-state index contributed by atoms with van der Waals surface area (Å²) in [6.07, 6.45) is -3.50. The summed E-state index contributed by atoms with van der Waals surface area (Å²) in [6, 6.07) is 2.16. The molecule has 0 atom stereocenters. The van der Waals surface area contributed by atoms with Gasteiger partial charge in [0.15, 0.2) is 11.5 Å². The summed E-state index contributed by atoms with van der Waals surface area (Å²) in [7, 11) is 2.40. The van der Waals surface area contributed by atoms with Gasteiger partial charge in [-0.3, -0.25) is 0 Å². The maximum atomic E-state index is 12.8. The highest BCUT2D eigenvalue weighted by molar-refractivity contribution is 5.56. The van der Waals surface area contributed by atoms with Gasteiger partial charge in [-0.15, -0.1) is 0 Å². The number of alkyl halides is 3. The van der Waals surface area contributed by atoms with Gasteiger partial charge >= 0.3 is 6.18 Å². The third-order valence-electron chi connectivity index (χ3n) is 3.05. The van der Waals surface area contributed by atoms with E-state index in [1.165, 1.54) is 13.2 Å². The zero-order valence-electron chi connectivity index (χ0n) is 9.97. The molecule has 100 valence electrons. The van der Waals surface area contributed by atoms with Crippen molar-refractivity contribution in [3.63, 3.8) is 0 Å². The fraction of sp³-hybridized carbons (Fsp3) is 0.500. The Morgan fingerprint density at radius 1 is 1.11 bits per heavy atom. The quantitative estimate of drug-likeness (QED) is 0.910. The number of methoxy groups -OCH3 is 2. The lowest BCUT2D eigenvalue weighted by Gasteiger charge is -2.20. The summed E-state index contributed by atoms with van der Waals surface area (Å²) >= 11 is 0. The maximum absolute atomic E-state index is 12.8. The Labute approximate surface area is 102 Å². The molecule has 0 spiro atoms. The molecule has 3 nitrogen and oxygen atoms in total. The van der Waals surface area contributed by atoms with E-state index >= 15 is 0 Å².